The van der Waals surface area contributed by atoms with Gasteiger partial charge in [-0.3, -0.25) is 9.69 Å². The molecule has 0 aliphatic carbocycles. The summed E-state index contributed by atoms with van der Waals surface area (Å²) in [6.07, 6.45) is 0.659. The van der Waals surface area contributed by atoms with Crippen molar-refractivity contribution in [3.63, 3.8) is 0 Å². The van der Waals surface area contributed by atoms with Crippen molar-refractivity contribution < 1.29 is 13.6 Å². The molecule has 2 aromatic rings. The van der Waals surface area contributed by atoms with E-state index in [2.05, 4.69) is 21.0 Å². The number of hydrogen-bond acceptors (Lipinski definition) is 3. The van der Waals surface area contributed by atoms with Crippen LogP contribution in [0.3, 0.4) is 0 Å². The molecule has 4 nitrogen and oxygen atoms in total. The van der Waals surface area contributed by atoms with Crippen LogP contribution in [0.1, 0.15) is 17.5 Å². The summed E-state index contributed by atoms with van der Waals surface area (Å²) in [7, 11) is 0. The van der Waals surface area contributed by atoms with Crippen LogP contribution in [0.4, 0.5) is 8.78 Å². The predicted octanol–water partition coefficient (Wildman–Crippen LogP) is 4.60. The smallest absolute Gasteiger partial charge is 0.253 e. The third-order valence-electron chi connectivity index (χ3n) is 4.99. The highest BCUT2D eigenvalue weighted by atomic mass is 79.9. The van der Waals surface area contributed by atoms with Crippen molar-refractivity contribution in [1.29, 1.82) is 0 Å². The minimum atomic E-state index is -0.592. The average Bonchev–Trinajstić information content (AvgIpc) is 2.92. The molecule has 0 aromatic heterocycles. The molecule has 2 heterocycles. The van der Waals surface area contributed by atoms with Crippen molar-refractivity contribution in [3.05, 3.63) is 68.7 Å². The normalized spacial score (nSPS) is 19.7. The summed E-state index contributed by atoms with van der Waals surface area (Å²) in [5, 5.41) is 6.64. The van der Waals surface area contributed by atoms with Crippen LogP contribution < -0.4 is 0 Å². The molecule has 2 aliphatic heterocycles. The van der Waals surface area contributed by atoms with Crippen LogP contribution in [0.25, 0.3) is 0 Å². The minimum Gasteiger partial charge on any atom is -0.298 e. The molecule has 1 unspecified atom stereocenters. The van der Waals surface area contributed by atoms with Crippen molar-refractivity contribution in [2.24, 2.45) is 11.0 Å². The van der Waals surface area contributed by atoms with Crippen molar-refractivity contribution in [1.82, 2.24) is 9.91 Å². The van der Waals surface area contributed by atoms with Crippen molar-refractivity contribution in [2.45, 2.75) is 19.5 Å². The molecule has 0 spiro atoms. The molecule has 0 N–H and O–H groups in total. The Morgan fingerprint density at radius 3 is 2.61 bits per heavy atom. The quantitative estimate of drug-likeness (QED) is 0.657. The van der Waals surface area contributed by atoms with Gasteiger partial charge in [0.15, 0.2) is 0 Å². The first-order chi connectivity index (χ1) is 13.4. The van der Waals surface area contributed by atoms with E-state index in [1.54, 1.807) is 12.1 Å². The first kappa shape index (κ1) is 19.5. The number of hydrazone groups is 1. The Hall–Kier alpha value is -1.83. The number of carbonyl (C=O) groups is 1. The monoisotopic (exact) mass is 467 g/mol. The van der Waals surface area contributed by atoms with Gasteiger partial charge >= 0.3 is 0 Å². The van der Waals surface area contributed by atoms with Gasteiger partial charge in [0.25, 0.3) is 5.91 Å². The van der Waals surface area contributed by atoms with Gasteiger partial charge in [-0.1, -0.05) is 33.6 Å². The lowest BCUT2D eigenvalue weighted by molar-refractivity contribution is -0.133. The highest BCUT2D eigenvalue weighted by Gasteiger charge is 2.39. The van der Waals surface area contributed by atoms with Crippen LogP contribution >= 0.6 is 27.5 Å². The molecule has 2 aliphatic rings. The fraction of sp³-hybridized carbons (Fsp3) is 0.300. The summed E-state index contributed by atoms with van der Waals surface area (Å²) in [4.78, 5) is 14.9. The standard InChI is InChI=1S/C20H17BrClF2N3O/c21-18-7-14(22)2-1-13(18)10-27-20(28)17-11-26(4-3-19(17)25-27)9-12-5-15(23)8-16(24)6-12/h1-2,5-8,17H,3-4,9-11H2. The molecular weight excluding hydrogens is 452 g/mol. The maximum absolute atomic E-state index is 13.4. The number of amides is 1. The van der Waals surface area contributed by atoms with Gasteiger partial charge < -0.3 is 0 Å². The molecule has 1 saturated heterocycles. The van der Waals surface area contributed by atoms with Gasteiger partial charge in [-0.25, -0.2) is 13.8 Å². The Balaban J connectivity index is 1.44. The van der Waals surface area contributed by atoms with Gasteiger partial charge in [-0.05, 0) is 35.4 Å². The molecule has 1 fully saturated rings. The second-order valence-electron chi connectivity index (χ2n) is 7.04. The van der Waals surface area contributed by atoms with Crippen molar-refractivity contribution in [2.75, 3.05) is 13.1 Å². The van der Waals surface area contributed by atoms with E-state index >= 15 is 0 Å². The number of hydrogen-bond donors (Lipinski definition) is 0. The molecule has 8 heteroatoms. The fourth-order valence-electron chi connectivity index (χ4n) is 3.65. The predicted molar refractivity (Wildman–Crippen MR) is 107 cm³/mol. The topological polar surface area (TPSA) is 35.9 Å². The average molecular weight is 469 g/mol. The van der Waals surface area contributed by atoms with E-state index in [9.17, 15) is 13.6 Å². The number of piperidine rings is 1. The third-order valence-corrected chi connectivity index (χ3v) is 5.97. The van der Waals surface area contributed by atoms with E-state index in [1.807, 2.05) is 11.0 Å². The Bertz CT molecular complexity index is 948. The SMILES string of the molecule is O=C1C2CN(Cc3cc(F)cc(F)c3)CCC2=NN1Cc1ccc(Cl)cc1Br. The van der Waals surface area contributed by atoms with Crippen LogP contribution in [0.15, 0.2) is 46.0 Å². The zero-order valence-electron chi connectivity index (χ0n) is 14.8. The number of benzene rings is 2. The molecule has 1 amide bonds. The van der Waals surface area contributed by atoms with Crippen LogP contribution in [-0.2, 0) is 17.9 Å². The van der Waals surface area contributed by atoms with E-state index in [-0.39, 0.29) is 11.8 Å². The maximum Gasteiger partial charge on any atom is 0.253 e. The lowest BCUT2D eigenvalue weighted by Gasteiger charge is -2.30. The first-order valence-corrected chi connectivity index (χ1v) is 10.1. The summed E-state index contributed by atoms with van der Waals surface area (Å²) in [6.45, 7) is 1.95. The van der Waals surface area contributed by atoms with E-state index in [4.69, 9.17) is 11.6 Å². The molecule has 4 rings (SSSR count). The zero-order valence-corrected chi connectivity index (χ0v) is 17.2. The largest absolute Gasteiger partial charge is 0.298 e. The lowest BCUT2D eigenvalue weighted by atomic mass is 9.95. The molecule has 0 bridgehead atoms. The second kappa shape index (κ2) is 7.89. The lowest BCUT2D eigenvalue weighted by Crippen LogP contribution is -2.43. The van der Waals surface area contributed by atoms with Gasteiger partial charge in [0.05, 0.1) is 18.2 Å². The van der Waals surface area contributed by atoms with E-state index < -0.39 is 11.6 Å². The van der Waals surface area contributed by atoms with Gasteiger partial charge in [-0.15, -0.1) is 0 Å². The van der Waals surface area contributed by atoms with Crippen molar-refractivity contribution in [3.8, 4) is 0 Å². The van der Waals surface area contributed by atoms with E-state index in [0.29, 0.717) is 43.2 Å². The number of fused-ring (bicyclic) bond motifs is 1. The molecule has 0 radical (unpaired) electrons. The Morgan fingerprint density at radius 1 is 1.14 bits per heavy atom. The second-order valence-corrected chi connectivity index (χ2v) is 8.33. The van der Waals surface area contributed by atoms with Crippen LogP contribution in [0.5, 0.6) is 0 Å². The summed E-state index contributed by atoms with van der Waals surface area (Å²) < 4.78 is 27.7. The number of halogens is 4. The summed E-state index contributed by atoms with van der Waals surface area (Å²) in [5.41, 5.74) is 2.36. The highest BCUT2D eigenvalue weighted by Crippen LogP contribution is 2.29. The number of likely N-dealkylation sites (tertiary alicyclic amines) is 1. The third kappa shape index (κ3) is 4.11. The maximum atomic E-state index is 13.4. The summed E-state index contributed by atoms with van der Waals surface area (Å²) in [5.74, 6) is -1.54. The van der Waals surface area contributed by atoms with Crippen LogP contribution in [0, 0.1) is 17.6 Å². The Morgan fingerprint density at radius 2 is 1.89 bits per heavy atom. The molecular formula is C20H17BrClF2N3O. The highest BCUT2D eigenvalue weighted by molar-refractivity contribution is 9.10. The summed E-state index contributed by atoms with van der Waals surface area (Å²) >= 11 is 9.44. The van der Waals surface area contributed by atoms with E-state index in [0.717, 1.165) is 21.8 Å². The number of nitrogens with zero attached hydrogens (tertiary/aromatic N) is 3. The minimum absolute atomic E-state index is 0.0491. The zero-order chi connectivity index (χ0) is 19.8. The Kier molecular flexibility index (Phi) is 5.49. The van der Waals surface area contributed by atoms with Crippen LogP contribution in [0.2, 0.25) is 5.02 Å². The molecule has 2 aromatic carbocycles. The van der Waals surface area contributed by atoms with Gasteiger partial charge in [-0.2, -0.15) is 5.10 Å². The first-order valence-electron chi connectivity index (χ1n) is 8.89. The summed E-state index contributed by atoms with van der Waals surface area (Å²) in [6, 6.07) is 8.95. The van der Waals surface area contributed by atoms with Gasteiger partial charge in [0.1, 0.15) is 11.6 Å². The number of carbonyl (C=O) groups excluding carboxylic acids is 1. The fourth-order valence-corrected chi connectivity index (χ4v) is 4.46. The molecule has 146 valence electrons. The van der Waals surface area contributed by atoms with E-state index in [1.165, 1.54) is 17.1 Å². The molecule has 28 heavy (non-hydrogen) atoms. The van der Waals surface area contributed by atoms with Crippen LogP contribution in [-0.4, -0.2) is 34.6 Å². The molecule has 0 saturated carbocycles. The van der Waals surface area contributed by atoms with Gasteiger partial charge in [0.2, 0.25) is 0 Å². The van der Waals surface area contributed by atoms with Gasteiger partial charge in [0, 0.05) is 41.6 Å². The Labute approximate surface area is 174 Å². The molecule has 1 atom stereocenters. The number of rotatable bonds is 4. The van der Waals surface area contributed by atoms with Crippen molar-refractivity contribution >= 4 is 39.1 Å².